The van der Waals surface area contributed by atoms with E-state index in [-0.39, 0.29) is 11.3 Å². The van der Waals surface area contributed by atoms with Gasteiger partial charge in [0, 0.05) is 17.5 Å². The number of aromatic nitrogens is 1. The minimum atomic E-state index is -0.251. The second-order valence-corrected chi connectivity index (χ2v) is 8.13. The van der Waals surface area contributed by atoms with Crippen molar-refractivity contribution in [1.29, 1.82) is 0 Å². The van der Waals surface area contributed by atoms with Gasteiger partial charge in [-0.15, -0.1) is 11.3 Å². The Morgan fingerprint density at radius 1 is 1.15 bits per heavy atom. The first-order valence-corrected chi connectivity index (χ1v) is 9.81. The monoisotopic (exact) mass is 362 g/mol. The summed E-state index contributed by atoms with van der Waals surface area (Å²) in [5, 5.41) is 0.571. The van der Waals surface area contributed by atoms with Gasteiger partial charge in [-0.1, -0.05) is 48.5 Å². The van der Waals surface area contributed by atoms with Crippen molar-refractivity contribution >= 4 is 17.1 Å². The maximum absolute atomic E-state index is 12.8. The summed E-state index contributed by atoms with van der Waals surface area (Å²) < 4.78 is 0. The highest BCUT2D eigenvalue weighted by molar-refractivity contribution is 7.13. The Labute approximate surface area is 157 Å². The molecule has 0 amide bonds. The molecule has 0 saturated heterocycles. The molecule has 0 atom stereocenters. The van der Waals surface area contributed by atoms with Crippen molar-refractivity contribution in [2.45, 2.75) is 38.1 Å². The molecule has 0 bridgehead atoms. The molecule has 0 unspecified atom stereocenters. The largest absolute Gasteiger partial charge is 0.321 e. The third-order valence-corrected chi connectivity index (χ3v) is 6.62. The molecule has 3 aromatic rings. The zero-order chi connectivity index (χ0) is 18.1. The van der Waals surface area contributed by atoms with Gasteiger partial charge >= 0.3 is 0 Å². The highest BCUT2D eigenvalue weighted by Gasteiger charge is 2.36. The lowest BCUT2D eigenvalue weighted by Crippen LogP contribution is -2.42. The predicted molar refractivity (Wildman–Crippen MR) is 106 cm³/mol. The predicted octanol–water partition coefficient (Wildman–Crippen LogP) is 4.88. The van der Waals surface area contributed by atoms with Gasteiger partial charge in [0.05, 0.1) is 5.54 Å². The van der Waals surface area contributed by atoms with Gasteiger partial charge in [0.2, 0.25) is 0 Å². The van der Waals surface area contributed by atoms with Gasteiger partial charge in [-0.05, 0) is 48.4 Å². The third-order valence-electron chi connectivity index (χ3n) is 5.36. The highest BCUT2D eigenvalue weighted by atomic mass is 32.1. The highest BCUT2D eigenvalue weighted by Crippen LogP contribution is 2.41. The van der Waals surface area contributed by atoms with Gasteiger partial charge < -0.3 is 5.73 Å². The summed E-state index contributed by atoms with van der Waals surface area (Å²) in [6.07, 6.45) is 5.30. The average Bonchev–Trinajstić information content (AvgIpc) is 3.13. The van der Waals surface area contributed by atoms with E-state index in [2.05, 4.69) is 30.1 Å². The summed E-state index contributed by atoms with van der Waals surface area (Å²) in [5.74, 6) is 0.0671. The Kier molecular flexibility index (Phi) is 4.47. The minimum Gasteiger partial charge on any atom is -0.321 e. The molecule has 1 aliphatic carbocycles. The lowest BCUT2D eigenvalue weighted by Gasteiger charge is -2.36. The van der Waals surface area contributed by atoms with E-state index in [9.17, 15) is 4.79 Å². The van der Waals surface area contributed by atoms with Crippen molar-refractivity contribution in [2.24, 2.45) is 5.73 Å². The normalized spacial score (nSPS) is 15.5. The van der Waals surface area contributed by atoms with Gasteiger partial charge in [-0.25, -0.2) is 4.98 Å². The van der Waals surface area contributed by atoms with Crippen LogP contribution < -0.4 is 5.73 Å². The number of carbonyl (C=O) groups excluding carboxylic acids is 1. The van der Waals surface area contributed by atoms with E-state index in [1.54, 1.807) is 6.20 Å². The standard InChI is InChI=1S/C22H22N2OS/c1-15-17(9-5-10-18(15)16-7-3-2-4-8-16)13-19(25)21-24-14-20(26-21)22(23)11-6-12-22/h2-5,7-10,14H,6,11-13,23H2,1H3. The molecule has 1 saturated carbocycles. The van der Waals surface area contributed by atoms with Crippen LogP contribution in [0, 0.1) is 6.92 Å². The molecule has 1 fully saturated rings. The van der Waals surface area contributed by atoms with Crippen molar-refractivity contribution in [2.75, 3.05) is 0 Å². The van der Waals surface area contributed by atoms with Crippen LogP contribution in [0.5, 0.6) is 0 Å². The van der Waals surface area contributed by atoms with Gasteiger partial charge in [0.1, 0.15) is 0 Å². The van der Waals surface area contributed by atoms with Crippen molar-refractivity contribution in [3.63, 3.8) is 0 Å². The first-order chi connectivity index (χ1) is 12.6. The van der Waals surface area contributed by atoms with Crippen molar-refractivity contribution in [1.82, 2.24) is 4.98 Å². The molecule has 1 heterocycles. The number of nitrogens with zero attached hydrogens (tertiary/aromatic N) is 1. The Bertz CT molecular complexity index is 942. The van der Waals surface area contributed by atoms with Crippen LogP contribution in [0.25, 0.3) is 11.1 Å². The van der Waals surface area contributed by atoms with Gasteiger partial charge in [-0.3, -0.25) is 4.79 Å². The number of rotatable bonds is 5. The van der Waals surface area contributed by atoms with Crippen molar-refractivity contribution in [3.8, 4) is 11.1 Å². The fraction of sp³-hybridized carbons (Fsp3) is 0.273. The van der Waals surface area contributed by atoms with E-state index >= 15 is 0 Å². The number of nitrogens with two attached hydrogens (primary N) is 1. The average molecular weight is 362 g/mol. The van der Waals surface area contributed by atoms with E-state index in [0.717, 1.165) is 35.3 Å². The molecule has 4 rings (SSSR count). The van der Waals surface area contributed by atoms with E-state index in [4.69, 9.17) is 5.73 Å². The zero-order valence-corrected chi connectivity index (χ0v) is 15.7. The Balaban J connectivity index is 1.57. The molecule has 26 heavy (non-hydrogen) atoms. The number of thiazole rings is 1. The Morgan fingerprint density at radius 2 is 1.92 bits per heavy atom. The van der Waals surface area contributed by atoms with E-state index < -0.39 is 0 Å². The van der Waals surface area contributed by atoms with Crippen LogP contribution in [-0.4, -0.2) is 10.8 Å². The van der Waals surface area contributed by atoms with Crippen LogP contribution in [0.4, 0.5) is 0 Å². The molecule has 1 aliphatic rings. The molecule has 0 spiro atoms. The summed E-state index contributed by atoms with van der Waals surface area (Å²) in [4.78, 5) is 18.2. The van der Waals surface area contributed by atoms with Crippen molar-refractivity contribution in [3.05, 3.63) is 75.7 Å². The van der Waals surface area contributed by atoms with Gasteiger partial charge in [0.25, 0.3) is 0 Å². The van der Waals surface area contributed by atoms with Gasteiger partial charge in [0.15, 0.2) is 10.8 Å². The van der Waals surface area contributed by atoms with Crippen LogP contribution in [0.1, 0.15) is 45.1 Å². The maximum atomic E-state index is 12.8. The molecule has 0 radical (unpaired) electrons. The van der Waals surface area contributed by atoms with Crippen molar-refractivity contribution < 1.29 is 4.79 Å². The van der Waals surface area contributed by atoms with E-state index in [1.807, 2.05) is 30.3 Å². The molecule has 4 heteroatoms. The van der Waals surface area contributed by atoms with Gasteiger partial charge in [-0.2, -0.15) is 0 Å². The summed E-state index contributed by atoms with van der Waals surface area (Å²) in [6, 6.07) is 16.4. The number of hydrogen-bond acceptors (Lipinski definition) is 4. The second kappa shape index (κ2) is 6.78. The summed E-state index contributed by atoms with van der Waals surface area (Å²) in [7, 11) is 0. The molecule has 3 nitrogen and oxygen atoms in total. The molecule has 1 aromatic heterocycles. The number of carbonyl (C=O) groups is 1. The lowest BCUT2D eigenvalue weighted by atomic mass is 9.77. The molecular weight excluding hydrogens is 340 g/mol. The number of benzene rings is 2. The first-order valence-electron chi connectivity index (χ1n) is 8.99. The molecular formula is C22H22N2OS. The SMILES string of the molecule is Cc1c(CC(=O)c2ncc(C3(N)CCC3)s2)cccc1-c1ccccc1. The fourth-order valence-corrected chi connectivity index (χ4v) is 4.50. The lowest BCUT2D eigenvalue weighted by molar-refractivity contribution is 0.0992. The van der Waals surface area contributed by atoms with Crippen LogP contribution in [0.2, 0.25) is 0 Å². The fourth-order valence-electron chi connectivity index (χ4n) is 3.49. The Hall–Kier alpha value is -2.30. The minimum absolute atomic E-state index is 0.0671. The topological polar surface area (TPSA) is 56.0 Å². The number of hydrogen-bond donors (Lipinski definition) is 1. The summed E-state index contributed by atoms with van der Waals surface area (Å²) in [5.41, 5.74) is 10.7. The molecule has 132 valence electrons. The first kappa shape index (κ1) is 17.1. The number of Topliss-reactive ketones (excluding diaryl/α,β-unsaturated/α-hetero) is 1. The van der Waals surface area contributed by atoms with E-state index in [0.29, 0.717) is 11.4 Å². The third kappa shape index (κ3) is 3.11. The maximum Gasteiger partial charge on any atom is 0.195 e. The smallest absolute Gasteiger partial charge is 0.195 e. The van der Waals surface area contributed by atoms with Crippen LogP contribution in [0.15, 0.2) is 54.7 Å². The summed E-state index contributed by atoms with van der Waals surface area (Å²) in [6.45, 7) is 2.08. The zero-order valence-electron chi connectivity index (χ0n) is 14.9. The molecule has 2 N–H and O–H groups in total. The van der Waals surface area contributed by atoms with Crippen LogP contribution in [-0.2, 0) is 12.0 Å². The summed E-state index contributed by atoms with van der Waals surface area (Å²) >= 11 is 1.46. The quantitative estimate of drug-likeness (QED) is 0.658. The number of ketones is 1. The second-order valence-electron chi connectivity index (χ2n) is 7.10. The van der Waals surface area contributed by atoms with Crippen LogP contribution >= 0.6 is 11.3 Å². The Morgan fingerprint density at radius 3 is 2.62 bits per heavy atom. The molecule has 0 aliphatic heterocycles. The van der Waals surface area contributed by atoms with E-state index in [1.165, 1.54) is 22.5 Å². The van der Waals surface area contributed by atoms with Crippen LogP contribution in [0.3, 0.4) is 0 Å². The molecule has 2 aromatic carbocycles.